The second kappa shape index (κ2) is 6.10. The molecule has 2 rings (SSSR count). The zero-order valence-electron chi connectivity index (χ0n) is 11.5. The van der Waals surface area contributed by atoms with Gasteiger partial charge in [-0.3, -0.25) is 0 Å². The molecule has 0 amide bonds. The van der Waals surface area contributed by atoms with Crippen LogP contribution in [0.3, 0.4) is 0 Å². The van der Waals surface area contributed by atoms with Crippen LogP contribution in [0.1, 0.15) is 42.9 Å². The Bertz CT molecular complexity index is 529. The Morgan fingerprint density at radius 3 is 2.74 bits per heavy atom. The fourth-order valence-electron chi connectivity index (χ4n) is 1.64. The van der Waals surface area contributed by atoms with Gasteiger partial charge in [-0.05, 0) is 20.3 Å². The number of nitrogen functional groups attached to an aromatic ring is 1. The number of aromatic nitrogens is 4. The van der Waals surface area contributed by atoms with E-state index in [0.29, 0.717) is 16.8 Å². The van der Waals surface area contributed by atoms with Crippen LogP contribution in [0.15, 0.2) is 9.57 Å². The maximum absolute atomic E-state index is 5.96. The number of unbranched alkanes of at least 4 members (excludes halogenated alkanes) is 1. The highest BCUT2D eigenvalue weighted by Gasteiger charge is 2.12. The van der Waals surface area contributed by atoms with Gasteiger partial charge in [0, 0.05) is 6.42 Å². The first-order chi connectivity index (χ1) is 9.11. The molecule has 6 nitrogen and oxygen atoms in total. The van der Waals surface area contributed by atoms with Crippen molar-refractivity contribution in [3.05, 3.63) is 23.2 Å². The maximum atomic E-state index is 5.96. The third-order valence-electron chi connectivity index (χ3n) is 2.89. The molecule has 0 saturated heterocycles. The molecule has 0 atom stereocenters. The standard InChI is InChI=1S/C12H19N5OS/c1-4-5-6-10-15-16-12(17(10)13)19-7-11-14-8(2)9(3)18-11/h4-7,13H2,1-3H3. The molecule has 19 heavy (non-hydrogen) atoms. The molecular formula is C12H19N5OS. The maximum Gasteiger partial charge on any atom is 0.210 e. The van der Waals surface area contributed by atoms with Crippen LogP contribution >= 0.6 is 11.8 Å². The second-order valence-corrected chi connectivity index (χ2v) is 5.35. The number of rotatable bonds is 6. The average Bonchev–Trinajstić information content (AvgIpc) is 2.89. The van der Waals surface area contributed by atoms with Crippen molar-refractivity contribution in [3.8, 4) is 0 Å². The van der Waals surface area contributed by atoms with Crippen molar-refractivity contribution in [1.82, 2.24) is 19.9 Å². The first-order valence-electron chi connectivity index (χ1n) is 6.37. The Balaban J connectivity index is 1.97. The number of nitrogens with two attached hydrogens (primary N) is 1. The van der Waals surface area contributed by atoms with E-state index in [1.165, 1.54) is 11.8 Å². The van der Waals surface area contributed by atoms with E-state index in [-0.39, 0.29) is 0 Å². The minimum Gasteiger partial charge on any atom is -0.445 e. The molecule has 104 valence electrons. The van der Waals surface area contributed by atoms with Crippen LogP contribution in [0, 0.1) is 13.8 Å². The van der Waals surface area contributed by atoms with Crippen LogP contribution in [0.25, 0.3) is 0 Å². The molecular weight excluding hydrogens is 262 g/mol. The predicted molar refractivity (Wildman–Crippen MR) is 74.3 cm³/mol. The van der Waals surface area contributed by atoms with E-state index < -0.39 is 0 Å². The lowest BCUT2D eigenvalue weighted by Crippen LogP contribution is -2.14. The summed E-state index contributed by atoms with van der Waals surface area (Å²) >= 11 is 1.48. The van der Waals surface area contributed by atoms with Crippen LogP contribution < -0.4 is 5.84 Å². The van der Waals surface area contributed by atoms with Gasteiger partial charge in [0.2, 0.25) is 11.0 Å². The van der Waals surface area contributed by atoms with Crippen molar-refractivity contribution in [2.24, 2.45) is 0 Å². The number of oxazole rings is 1. The van der Waals surface area contributed by atoms with Crippen molar-refractivity contribution in [1.29, 1.82) is 0 Å². The van der Waals surface area contributed by atoms with E-state index in [9.17, 15) is 0 Å². The highest BCUT2D eigenvalue weighted by atomic mass is 32.2. The summed E-state index contributed by atoms with van der Waals surface area (Å²) in [4.78, 5) is 4.33. The molecule has 0 saturated carbocycles. The Morgan fingerprint density at radius 2 is 2.11 bits per heavy atom. The lowest BCUT2D eigenvalue weighted by atomic mass is 10.2. The monoisotopic (exact) mass is 281 g/mol. The highest BCUT2D eigenvalue weighted by molar-refractivity contribution is 7.98. The van der Waals surface area contributed by atoms with Gasteiger partial charge in [-0.2, -0.15) is 0 Å². The Kier molecular flexibility index (Phi) is 4.47. The van der Waals surface area contributed by atoms with Crippen molar-refractivity contribution in [2.75, 3.05) is 5.84 Å². The Labute approximate surface area is 116 Å². The van der Waals surface area contributed by atoms with E-state index in [1.54, 1.807) is 4.68 Å². The van der Waals surface area contributed by atoms with Gasteiger partial charge >= 0.3 is 0 Å². The third kappa shape index (κ3) is 3.28. The quantitative estimate of drug-likeness (QED) is 0.646. The molecule has 2 aromatic rings. The van der Waals surface area contributed by atoms with Crippen molar-refractivity contribution < 1.29 is 4.42 Å². The molecule has 7 heteroatoms. The van der Waals surface area contributed by atoms with Gasteiger partial charge in [-0.25, -0.2) is 9.66 Å². The smallest absolute Gasteiger partial charge is 0.210 e. The minimum absolute atomic E-state index is 0.609. The van der Waals surface area contributed by atoms with Crippen LogP contribution in [-0.4, -0.2) is 19.9 Å². The summed E-state index contributed by atoms with van der Waals surface area (Å²) in [6.07, 6.45) is 3.04. The summed E-state index contributed by atoms with van der Waals surface area (Å²) in [5, 5.41) is 8.89. The van der Waals surface area contributed by atoms with Gasteiger partial charge in [-0.15, -0.1) is 10.2 Å². The van der Waals surface area contributed by atoms with E-state index in [4.69, 9.17) is 10.3 Å². The van der Waals surface area contributed by atoms with Crippen LogP contribution in [0.5, 0.6) is 0 Å². The Morgan fingerprint density at radius 1 is 1.32 bits per heavy atom. The fourth-order valence-corrected chi connectivity index (χ4v) is 2.36. The number of thioether (sulfide) groups is 1. The number of nitrogens with zero attached hydrogens (tertiary/aromatic N) is 4. The van der Waals surface area contributed by atoms with Gasteiger partial charge in [0.05, 0.1) is 11.4 Å². The van der Waals surface area contributed by atoms with Crippen molar-refractivity contribution in [3.63, 3.8) is 0 Å². The summed E-state index contributed by atoms with van der Waals surface area (Å²) in [6.45, 7) is 5.98. The Hall–Kier alpha value is -1.50. The second-order valence-electron chi connectivity index (χ2n) is 4.41. The summed E-state index contributed by atoms with van der Waals surface area (Å²) in [5.41, 5.74) is 0.924. The molecule has 0 aromatic carbocycles. The summed E-state index contributed by atoms with van der Waals surface area (Å²) in [5.74, 6) is 8.94. The normalized spacial score (nSPS) is 11.1. The van der Waals surface area contributed by atoms with Gasteiger partial charge in [0.1, 0.15) is 5.76 Å². The molecule has 0 aliphatic carbocycles. The molecule has 0 radical (unpaired) electrons. The van der Waals surface area contributed by atoms with E-state index in [2.05, 4.69) is 22.1 Å². The van der Waals surface area contributed by atoms with Crippen LogP contribution in [0.4, 0.5) is 0 Å². The largest absolute Gasteiger partial charge is 0.445 e. The topological polar surface area (TPSA) is 82.8 Å². The molecule has 2 N–H and O–H groups in total. The van der Waals surface area contributed by atoms with Crippen LogP contribution in [0.2, 0.25) is 0 Å². The van der Waals surface area contributed by atoms with Gasteiger partial charge in [0.15, 0.2) is 5.82 Å². The molecule has 2 aromatic heterocycles. The first-order valence-corrected chi connectivity index (χ1v) is 7.35. The van der Waals surface area contributed by atoms with Gasteiger partial charge in [-0.1, -0.05) is 25.1 Å². The molecule has 0 fully saturated rings. The van der Waals surface area contributed by atoms with Crippen LogP contribution in [-0.2, 0) is 12.2 Å². The summed E-state index contributed by atoms with van der Waals surface area (Å²) in [7, 11) is 0. The zero-order chi connectivity index (χ0) is 13.8. The number of hydrogen-bond donors (Lipinski definition) is 1. The highest BCUT2D eigenvalue weighted by Crippen LogP contribution is 2.21. The summed E-state index contributed by atoms with van der Waals surface area (Å²) in [6, 6.07) is 0. The third-order valence-corrected chi connectivity index (χ3v) is 3.81. The SMILES string of the molecule is CCCCc1nnc(SCc2nc(C)c(C)o2)n1N. The van der Waals surface area contributed by atoms with E-state index in [1.807, 2.05) is 13.8 Å². The average molecular weight is 281 g/mol. The van der Waals surface area contributed by atoms with Gasteiger partial charge in [0.25, 0.3) is 0 Å². The predicted octanol–water partition coefficient (Wildman–Crippen LogP) is 2.23. The first kappa shape index (κ1) is 13.9. The van der Waals surface area contributed by atoms with Gasteiger partial charge < -0.3 is 10.3 Å². The molecule has 0 unspecified atom stereocenters. The number of hydrogen-bond acceptors (Lipinski definition) is 6. The lowest BCUT2D eigenvalue weighted by Gasteiger charge is -2.01. The molecule has 0 aliphatic rings. The zero-order valence-corrected chi connectivity index (χ0v) is 12.3. The lowest BCUT2D eigenvalue weighted by molar-refractivity contribution is 0.489. The van der Waals surface area contributed by atoms with E-state index >= 15 is 0 Å². The van der Waals surface area contributed by atoms with Crippen molar-refractivity contribution in [2.45, 2.75) is 50.9 Å². The molecule has 0 bridgehead atoms. The minimum atomic E-state index is 0.609. The number of aryl methyl sites for hydroxylation is 3. The van der Waals surface area contributed by atoms with Crippen molar-refractivity contribution >= 4 is 11.8 Å². The molecule has 0 aliphatic heterocycles. The fraction of sp³-hybridized carbons (Fsp3) is 0.583. The van der Waals surface area contributed by atoms with E-state index in [0.717, 1.165) is 36.5 Å². The molecule has 0 spiro atoms. The summed E-state index contributed by atoms with van der Waals surface area (Å²) < 4.78 is 7.08. The molecule has 2 heterocycles.